The molecule has 0 aromatic heterocycles. The van der Waals surface area contributed by atoms with E-state index in [9.17, 15) is 0 Å². The summed E-state index contributed by atoms with van der Waals surface area (Å²) >= 11 is 0. The molecule has 2 nitrogen and oxygen atoms in total. The topological polar surface area (TPSA) is 35.2 Å². The predicted octanol–water partition coefficient (Wildman–Crippen LogP) is 2.57. The van der Waals surface area contributed by atoms with Crippen LogP contribution < -0.4 is 5.73 Å². The van der Waals surface area contributed by atoms with Crippen LogP contribution in [0, 0.1) is 11.8 Å². The highest BCUT2D eigenvalue weighted by atomic mass is 16.5. The molecule has 1 aliphatic heterocycles. The van der Waals surface area contributed by atoms with Gasteiger partial charge in [-0.05, 0) is 37.5 Å². The van der Waals surface area contributed by atoms with Gasteiger partial charge in [0.1, 0.15) is 0 Å². The summed E-state index contributed by atoms with van der Waals surface area (Å²) in [6.07, 6.45) is 5.24. The van der Waals surface area contributed by atoms with E-state index in [-0.39, 0.29) is 0 Å². The Morgan fingerprint density at radius 2 is 2.07 bits per heavy atom. The molecule has 3 atom stereocenters. The molecule has 0 bridgehead atoms. The molecule has 0 spiro atoms. The van der Waals surface area contributed by atoms with Crippen molar-refractivity contribution < 1.29 is 4.74 Å². The fourth-order valence-electron chi connectivity index (χ4n) is 2.01. The third-order valence-corrected chi connectivity index (χ3v) is 3.57. The maximum Gasteiger partial charge on any atom is 0.0576 e. The first kappa shape index (κ1) is 12.0. The summed E-state index contributed by atoms with van der Waals surface area (Å²) in [6.45, 7) is 7.71. The van der Waals surface area contributed by atoms with Crippen LogP contribution in [0.4, 0.5) is 0 Å². The summed E-state index contributed by atoms with van der Waals surface area (Å²) in [7, 11) is 0. The zero-order valence-corrected chi connectivity index (χ0v) is 9.83. The van der Waals surface area contributed by atoms with Crippen LogP contribution in [0.5, 0.6) is 0 Å². The van der Waals surface area contributed by atoms with E-state index in [0.29, 0.717) is 24.0 Å². The minimum atomic E-state index is 0.346. The largest absolute Gasteiger partial charge is 0.378 e. The van der Waals surface area contributed by atoms with Crippen molar-refractivity contribution in [2.75, 3.05) is 6.61 Å². The van der Waals surface area contributed by atoms with E-state index < -0.39 is 0 Å². The van der Waals surface area contributed by atoms with Gasteiger partial charge in [-0.1, -0.05) is 20.8 Å². The van der Waals surface area contributed by atoms with E-state index >= 15 is 0 Å². The first-order valence-electron chi connectivity index (χ1n) is 5.98. The van der Waals surface area contributed by atoms with Crippen molar-refractivity contribution in [1.29, 1.82) is 0 Å². The standard InChI is InChI=1S/C12H25NO/c1-9(2)10(3)12(13)7-6-11-5-4-8-14-11/h9-12H,4-8,13H2,1-3H3. The lowest BCUT2D eigenvalue weighted by Crippen LogP contribution is -2.32. The van der Waals surface area contributed by atoms with E-state index in [0.717, 1.165) is 19.4 Å². The molecule has 1 heterocycles. The molecule has 14 heavy (non-hydrogen) atoms. The molecule has 0 amide bonds. The maximum absolute atomic E-state index is 6.14. The van der Waals surface area contributed by atoms with Gasteiger partial charge in [-0.15, -0.1) is 0 Å². The molecule has 0 aromatic rings. The van der Waals surface area contributed by atoms with Gasteiger partial charge in [0.25, 0.3) is 0 Å². The van der Waals surface area contributed by atoms with Crippen LogP contribution >= 0.6 is 0 Å². The molecular weight excluding hydrogens is 174 g/mol. The summed E-state index contributed by atoms with van der Waals surface area (Å²) in [5.74, 6) is 1.31. The highest BCUT2D eigenvalue weighted by Crippen LogP contribution is 2.21. The molecule has 2 N–H and O–H groups in total. The normalized spacial score (nSPS) is 26.8. The summed E-state index contributed by atoms with van der Waals surface area (Å²) in [6, 6.07) is 0.346. The lowest BCUT2D eigenvalue weighted by atomic mass is 9.87. The number of rotatable bonds is 5. The fraction of sp³-hybridized carbons (Fsp3) is 1.00. The van der Waals surface area contributed by atoms with Crippen LogP contribution in [0.2, 0.25) is 0 Å². The molecule has 0 aliphatic carbocycles. The maximum atomic E-state index is 6.14. The quantitative estimate of drug-likeness (QED) is 0.738. The van der Waals surface area contributed by atoms with Gasteiger partial charge in [-0.3, -0.25) is 0 Å². The highest BCUT2D eigenvalue weighted by molar-refractivity contribution is 4.75. The molecule has 1 saturated heterocycles. The molecule has 1 fully saturated rings. The van der Waals surface area contributed by atoms with Gasteiger partial charge >= 0.3 is 0 Å². The van der Waals surface area contributed by atoms with Gasteiger partial charge in [-0.2, -0.15) is 0 Å². The van der Waals surface area contributed by atoms with Gasteiger partial charge < -0.3 is 10.5 Å². The Morgan fingerprint density at radius 1 is 1.36 bits per heavy atom. The average Bonchev–Trinajstić information content (AvgIpc) is 2.65. The Bertz CT molecular complexity index is 152. The Labute approximate surface area is 88.2 Å². The zero-order valence-electron chi connectivity index (χ0n) is 9.83. The first-order valence-corrected chi connectivity index (χ1v) is 5.98. The molecule has 0 aromatic carbocycles. The third-order valence-electron chi connectivity index (χ3n) is 3.57. The van der Waals surface area contributed by atoms with E-state index in [2.05, 4.69) is 20.8 Å². The summed E-state index contributed by atoms with van der Waals surface area (Å²) < 4.78 is 5.59. The highest BCUT2D eigenvalue weighted by Gasteiger charge is 2.20. The second kappa shape index (κ2) is 5.72. The summed E-state index contributed by atoms with van der Waals surface area (Å²) in [4.78, 5) is 0. The van der Waals surface area contributed by atoms with Gasteiger partial charge in [0.05, 0.1) is 6.10 Å². The van der Waals surface area contributed by atoms with Crippen LogP contribution in [0.3, 0.4) is 0 Å². The first-order chi connectivity index (χ1) is 6.61. The van der Waals surface area contributed by atoms with Crippen LogP contribution in [-0.4, -0.2) is 18.8 Å². The predicted molar refractivity (Wildman–Crippen MR) is 60.2 cm³/mol. The lowest BCUT2D eigenvalue weighted by molar-refractivity contribution is 0.0981. The van der Waals surface area contributed by atoms with E-state index in [1.54, 1.807) is 0 Å². The molecule has 0 radical (unpaired) electrons. The Kier molecular flexibility index (Phi) is 4.90. The van der Waals surface area contributed by atoms with Crippen molar-refractivity contribution in [3.05, 3.63) is 0 Å². The lowest BCUT2D eigenvalue weighted by Gasteiger charge is -2.24. The second-order valence-corrected chi connectivity index (χ2v) is 4.98. The van der Waals surface area contributed by atoms with Crippen molar-refractivity contribution in [1.82, 2.24) is 0 Å². The van der Waals surface area contributed by atoms with Gasteiger partial charge in [-0.25, -0.2) is 0 Å². The van der Waals surface area contributed by atoms with Crippen molar-refractivity contribution in [2.45, 2.75) is 58.6 Å². The molecular formula is C12H25NO. The van der Waals surface area contributed by atoms with Gasteiger partial charge in [0.2, 0.25) is 0 Å². The zero-order chi connectivity index (χ0) is 10.6. The average molecular weight is 199 g/mol. The SMILES string of the molecule is CC(C)C(C)C(N)CCC1CCCO1. The Hall–Kier alpha value is -0.0800. The Balaban J connectivity index is 2.16. The monoisotopic (exact) mass is 199 g/mol. The van der Waals surface area contributed by atoms with Gasteiger partial charge in [0, 0.05) is 12.6 Å². The second-order valence-electron chi connectivity index (χ2n) is 4.98. The van der Waals surface area contributed by atoms with Crippen molar-refractivity contribution >= 4 is 0 Å². The molecule has 0 saturated carbocycles. The van der Waals surface area contributed by atoms with Crippen molar-refractivity contribution in [2.24, 2.45) is 17.6 Å². The van der Waals surface area contributed by atoms with Gasteiger partial charge in [0.15, 0.2) is 0 Å². The minimum absolute atomic E-state index is 0.346. The molecule has 84 valence electrons. The molecule has 3 unspecified atom stereocenters. The molecule has 1 rings (SSSR count). The number of nitrogens with two attached hydrogens (primary N) is 1. The Morgan fingerprint density at radius 3 is 2.57 bits per heavy atom. The number of ether oxygens (including phenoxy) is 1. The van der Waals surface area contributed by atoms with E-state index in [1.165, 1.54) is 12.8 Å². The third kappa shape index (κ3) is 3.58. The van der Waals surface area contributed by atoms with Crippen LogP contribution in [0.15, 0.2) is 0 Å². The summed E-state index contributed by atoms with van der Waals surface area (Å²) in [5, 5.41) is 0. The van der Waals surface area contributed by atoms with Crippen molar-refractivity contribution in [3.8, 4) is 0 Å². The fourth-order valence-corrected chi connectivity index (χ4v) is 2.01. The smallest absolute Gasteiger partial charge is 0.0576 e. The van der Waals surface area contributed by atoms with Crippen LogP contribution in [-0.2, 0) is 4.74 Å². The van der Waals surface area contributed by atoms with Crippen LogP contribution in [0.1, 0.15) is 46.5 Å². The number of hydrogen-bond acceptors (Lipinski definition) is 2. The number of hydrogen-bond donors (Lipinski definition) is 1. The van der Waals surface area contributed by atoms with E-state index in [4.69, 9.17) is 10.5 Å². The van der Waals surface area contributed by atoms with E-state index in [1.807, 2.05) is 0 Å². The van der Waals surface area contributed by atoms with Crippen LogP contribution in [0.25, 0.3) is 0 Å². The van der Waals surface area contributed by atoms with Crippen molar-refractivity contribution in [3.63, 3.8) is 0 Å². The molecule has 2 heteroatoms. The summed E-state index contributed by atoms with van der Waals surface area (Å²) in [5.41, 5.74) is 6.14. The molecule has 1 aliphatic rings. The minimum Gasteiger partial charge on any atom is -0.378 e.